The molecule has 0 bridgehead atoms. The molecule has 0 radical (unpaired) electrons. The van der Waals surface area contributed by atoms with E-state index < -0.39 is 0 Å². The summed E-state index contributed by atoms with van der Waals surface area (Å²) >= 11 is 0. The number of nitrogens with zero attached hydrogens (tertiary/aromatic N) is 6. The highest BCUT2D eigenvalue weighted by atomic mass is 16.2. The minimum Gasteiger partial charge on any atom is -0.356 e. The number of aryl methyl sites for hydroxylation is 1. The molecule has 1 atom stereocenters. The van der Waals surface area contributed by atoms with E-state index in [4.69, 9.17) is 0 Å². The molecule has 1 aliphatic heterocycles. The van der Waals surface area contributed by atoms with Crippen molar-refractivity contribution in [1.82, 2.24) is 24.5 Å². The molecule has 25 heavy (non-hydrogen) atoms. The van der Waals surface area contributed by atoms with Crippen molar-refractivity contribution in [1.29, 1.82) is 0 Å². The van der Waals surface area contributed by atoms with E-state index in [1.807, 2.05) is 23.6 Å². The standard InChI is InChI=1S/C17H19N7O/c1-2-23-11-21-14-15(19-10-20-16(14)23)22-13-6-4-8-24(17(13)25)12-5-3-7-18-9-12/h3,5,7,9-11,13H,2,4,6,8H2,1H3,(H,19,20,22)/t13-/m1/s1. The Morgan fingerprint density at radius 3 is 3.04 bits per heavy atom. The highest BCUT2D eigenvalue weighted by molar-refractivity contribution is 6.00. The van der Waals surface area contributed by atoms with E-state index in [0.29, 0.717) is 17.9 Å². The normalized spacial score (nSPS) is 17.9. The van der Waals surface area contributed by atoms with E-state index in [9.17, 15) is 4.79 Å². The van der Waals surface area contributed by atoms with Crippen LogP contribution in [-0.2, 0) is 11.3 Å². The molecule has 1 amide bonds. The van der Waals surface area contributed by atoms with Crippen molar-refractivity contribution >= 4 is 28.6 Å². The maximum Gasteiger partial charge on any atom is 0.249 e. The number of hydrogen-bond donors (Lipinski definition) is 1. The number of anilines is 2. The second kappa shape index (κ2) is 6.46. The van der Waals surface area contributed by atoms with E-state index in [-0.39, 0.29) is 11.9 Å². The van der Waals surface area contributed by atoms with Crippen molar-refractivity contribution in [2.75, 3.05) is 16.8 Å². The SMILES string of the molecule is CCn1cnc2c(N[C@@H]3CCCN(c4cccnc4)C3=O)ncnc21. The highest BCUT2D eigenvalue weighted by Gasteiger charge is 2.30. The zero-order valence-corrected chi connectivity index (χ0v) is 14.0. The van der Waals surface area contributed by atoms with Crippen molar-refractivity contribution in [3.63, 3.8) is 0 Å². The van der Waals surface area contributed by atoms with E-state index in [0.717, 1.165) is 30.7 Å². The quantitative estimate of drug-likeness (QED) is 0.781. The molecule has 1 fully saturated rings. The smallest absolute Gasteiger partial charge is 0.249 e. The number of amides is 1. The summed E-state index contributed by atoms with van der Waals surface area (Å²) in [6.07, 6.45) is 8.34. The molecule has 0 unspecified atom stereocenters. The Morgan fingerprint density at radius 1 is 1.32 bits per heavy atom. The maximum absolute atomic E-state index is 12.9. The van der Waals surface area contributed by atoms with Crippen LogP contribution >= 0.6 is 0 Å². The van der Waals surface area contributed by atoms with Gasteiger partial charge in [0.1, 0.15) is 17.9 Å². The van der Waals surface area contributed by atoms with Crippen molar-refractivity contribution in [3.05, 3.63) is 37.2 Å². The molecule has 8 heteroatoms. The predicted molar refractivity (Wildman–Crippen MR) is 94.2 cm³/mol. The first-order valence-corrected chi connectivity index (χ1v) is 8.41. The Bertz CT molecular complexity index is 892. The molecule has 0 spiro atoms. The zero-order chi connectivity index (χ0) is 17.2. The molecule has 1 saturated heterocycles. The Labute approximate surface area is 144 Å². The summed E-state index contributed by atoms with van der Waals surface area (Å²) in [5, 5.41) is 3.27. The number of carbonyl (C=O) groups is 1. The number of pyridine rings is 1. The van der Waals surface area contributed by atoms with E-state index >= 15 is 0 Å². The van der Waals surface area contributed by atoms with Crippen LogP contribution in [0, 0.1) is 0 Å². The van der Waals surface area contributed by atoms with Gasteiger partial charge in [-0.15, -0.1) is 0 Å². The average Bonchev–Trinajstić information content (AvgIpc) is 3.08. The third-order valence-corrected chi connectivity index (χ3v) is 4.45. The van der Waals surface area contributed by atoms with Crippen LogP contribution in [0.2, 0.25) is 0 Å². The van der Waals surface area contributed by atoms with Gasteiger partial charge in [-0.2, -0.15) is 0 Å². The molecule has 4 rings (SSSR count). The van der Waals surface area contributed by atoms with Crippen LogP contribution < -0.4 is 10.2 Å². The van der Waals surface area contributed by atoms with Crippen molar-refractivity contribution in [3.8, 4) is 0 Å². The van der Waals surface area contributed by atoms with Crippen molar-refractivity contribution < 1.29 is 4.79 Å². The van der Waals surface area contributed by atoms with Crippen LogP contribution in [-0.4, -0.2) is 43.0 Å². The Kier molecular flexibility index (Phi) is 4.01. The van der Waals surface area contributed by atoms with E-state index in [1.54, 1.807) is 23.6 Å². The van der Waals surface area contributed by atoms with Gasteiger partial charge in [0, 0.05) is 19.3 Å². The van der Waals surface area contributed by atoms with Crippen LogP contribution in [0.4, 0.5) is 11.5 Å². The first-order valence-electron chi connectivity index (χ1n) is 8.41. The number of imidazole rings is 1. The lowest BCUT2D eigenvalue weighted by Crippen LogP contribution is -2.48. The highest BCUT2D eigenvalue weighted by Crippen LogP contribution is 2.24. The summed E-state index contributed by atoms with van der Waals surface area (Å²) in [5.41, 5.74) is 2.28. The van der Waals surface area contributed by atoms with Gasteiger partial charge in [-0.3, -0.25) is 9.78 Å². The Morgan fingerprint density at radius 2 is 2.24 bits per heavy atom. The summed E-state index contributed by atoms with van der Waals surface area (Å²) in [6, 6.07) is 3.41. The van der Waals surface area contributed by atoms with E-state index in [2.05, 4.69) is 25.3 Å². The molecule has 0 aromatic carbocycles. The average molecular weight is 337 g/mol. The number of carbonyl (C=O) groups excluding carboxylic acids is 1. The van der Waals surface area contributed by atoms with Gasteiger partial charge in [0.2, 0.25) is 5.91 Å². The second-order valence-corrected chi connectivity index (χ2v) is 5.97. The molecule has 3 aromatic rings. The van der Waals surface area contributed by atoms with Gasteiger partial charge in [0.05, 0.1) is 18.2 Å². The molecular weight excluding hydrogens is 318 g/mol. The second-order valence-electron chi connectivity index (χ2n) is 5.97. The number of piperidine rings is 1. The van der Waals surface area contributed by atoms with Gasteiger partial charge < -0.3 is 14.8 Å². The molecular formula is C17H19N7O. The lowest BCUT2D eigenvalue weighted by Gasteiger charge is -2.32. The van der Waals surface area contributed by atoms with Crippen LogP contribution in [0.1, 0.15) is 19.8 Å². The van der Waals surface area contributed by atoms with Crippen molar-refractivity contribution in [2.24, 2.45) is 0 Å². The van der Waals surface area contributed by atoms with Gasteiger partial charge in [-0.1, -0.05) is 0 Å². The molecule has 1 aliphatic rings. The fourth-order valence-corrected chi connectivity index (χ4v) is 3.16. The Balaban J connectivity index is 1.60. The predicted octanol–water partition coefficient (Wildman–Crippen LogP) is 1.85. The molecule has 8 nitrogen and oxygen atoms in total. The molecule has 3 aromatic heterocycles. The number of fused-ring (bicyclic) bond motifs is 1. The minimum atomic E-state index is -0.334. The minimum absolute atomic E-state index is 0.0286. The monoisotopic (exact) mass is 337 g/mol. The first-order chi connectivity index (χ1) is 12.3. The largest absolute Gasteiger partial charge is 0.356 e. The summed E-state index contributed by atoms with van der Waals surface area (Å²) < 4.78 is 1.95. The maximum atomic E-state index is 12.9. The fourth-order valence-electron chi connectivity index (χ4n) is 3.16. The lowest BCUT2D eigenvalue weighted by molar-refractivity contribution is -0.120. The van der Waals surface area contributed by atoms with Crippen molar-refractivity contribution in [2.45, 2.75) is 32.4 Å². The zero-order valence-electron chi connectivity index (χ0n) is 14.0. The summed E-state index contributed by atoms with van der Waals surface area (Å²) in [7, 11) is 0. The molecule has 128 valence electrons. The fraction of sp³-hybridized carbons (Fsp3) is 0.353. The van der Waals surface area contributed by atoms with E-state index in [1.165, 1.54) is 6.33 Å². The summed E-state index contributed by atoms with van der Waals surface area (Å²) in [6.45, 7) is 3.52. The topological polar surface area (TPSA) is 88.8 Å². The van der Waals surface area contributed by atoms with Crippen LogP contribution in [0.3, 0.4) is 0 Å². The number of nitrogens with one attached hydrogen (secondary N) is 1. The molecule has 0 aliphatic carbocycles. The van der Waals surface area contributed by atoms with Crippen LogP contribution in [0.15, 0.2) is 37.2 Å². The number of rotatable bonds is 4. The van der Waals surface area contributed by atoms with Gasteiger partial charge in [0.15, 0.2) is 11.5 Å². The van der Waals surface area contributed by atoms with Gasteiger partial charge in [-0.05, 0) is 31.9 Å². The number of aromatic nitrogens is 5. The number of hydrogen-bond acceptors (Lipinski definition) is 6. The van der Waals surface area contributed by atoms with Gasteiger partial charge >= 0.3 is 0 Å². The third-order valence-electron chi connectivity index (χ3n) is 4.45. The third kappa shape index (κ3) is 2.79. The molecule has 4 heterocycles. The van der Waals surface area contributed by atoms with Crippen LogP contribution in [0.25, 0.3) is 11.2 Å². The Hall–Kier alpha value is -3.03. The summed E-state index contributed by atoms with van der Waals surface area (Å²) in [4.78, 5) is 31.8. The summed E-state index contributed by atoms with van der Waals surface area (Å²) in [5.74, 6) is 0.629. The lowest BCUT2D eigenvalue weighted by atomic mass is 10.0. The van der Waals surface area contributed by atoms with Gasteiger partial charge in [0.25, 0.3) is 0 Å². The molecule has 0 saturated carbocycles. The first kappa shape index (κ1) is 15.5. The van der Waals surface area contributed by atoms with Crippen LogP contribution in [0.5, 0.6) is 0 Å². The van der Waals surface area contributed by atoms with Gasteiger partial charge in [-0.25, -0.2) is 15.0 Å². The molecule has 1 N–H and O–H groups in total.